The van der Waals surface area contributed by atoms with E-state index in [1.807, 2.05) is 0 Å². The first kappa shape index (κ1) is 17.0. The first-order valence-electron chi connectivity index (χ1n) is 2.98. The maximum Gasteiger partial charge on any atom is 0.300 e. The number of carboxylic acids is 1. The number of aliphatic hydroxyl groups is 1. The van der Waals surface area contributed by atoms with Crippen molar-refractivity contribution in [3.63, 3.8) is 0 Å². The summed E-state index contributed by atoms with van der Waals surface area (Å²) in [6.45, 7) is 1.56. The van der Waals surface area contributed by atoms with E-state index in [4.69, 9.17) is 26.2 Å². The molecule has 7 heteroatoms. The minimum atomic E-state index is -0.833. The molecule has 7 nitrogen and oxygen atoms in total. The van der Waals surface area contributed by atoms with Crippen LogP contribution in [0.2, 0.25) is 0 Å². The average Bonchev–Trinajstić information content (AvgIpc) is 1.85. The highest BCUT2D eigenvalue weighted by molar-refractivity contribution is 5.71. The van der Waals surface area contributed by atoms with Crippen LogP contribution >= 0.6 is 0 Å². The van der Waals surface area contributed by atoms with Crippen molar-refractivity contribution in [2.24, 2.45) is 17.2 Å². The molecule has 0 rings (SSSR count). The van der Waals surface area contributed by atoms with Gasteiger partial charge in [0.2, 0.25) is 0 Å². The molecule has 0 unspecified atom stereocenters. The van der Waals surface area contributed by atoms with Gasteiger partial charge in [-0.05, 0) is 0 Å². The number of rotatable bonds is 1. The van der Waals surface area contributed by atoms with Crippen molar-refractivity contribution in [2.75, 3.05) is 13.2 Å². The molecule has 0 aliphatic carbocycles. The van der Waals surface area contributed by atoms with E-state index in [9.17, 15) is 0 Å². The average molecular weight is 180 g/mol. The summed E-state index contributed by atoms with van der Waals surface area (Å²) in [4.78, 5) is 9.00. The van der Waals surface area contributed by atoms with Gasteiger partial charge < -0.3 is 27.4 Å². The maximum atomic E-state index is 9.00. The van der Waals surface area contributed by atoms with Gasteiger partial charge in [0, 0.05) is 13.5 Å². The van der Waals surface area contributed by atoms with Gasteiger partial charge in [-0.3, -0.25) is 10.2 Å². The smallest absolute Gasteiger partial charge is 0.300 e. The maximum absolute atomic E-state index is 9.00. The van der Waals surface area contributed by atoms with Gasteiger partial charge in [0.1, 0.15) is 0 Å². The number of hydrogen-bond acceptors (Lipinski definition) is 4. The molecular weight excluding hydrogens is 164 g/mol. The monoisotopic (exact) mass is 180 g/mol. The van der Waals surface area contributed by atoms with Crippen molar-refractivity contribution in [3.8, 4) is 0 Å². The van der Waals surface area contributed by atoms with Crippen LogP contribution in [0.4, 0.5) is 0 Å². The van der Waals surface area contributed by atoms with Crippen molar-refractivity contribution in [1.29, 1.82) is 5.41 Å². The lowest BCUT2D eigenvalue weighted by molar-refractivity contribution is -0.134. The zero-order valence-corrected chi connectivity index (χ0v) is 6.95. The Bertz CT molecular complexity index is 95.3. The molecule has 0 heterocycles. The van der Waals surface area contributed by atoms with E-state index in [0.717, 1.165) is 6.92 Å². The molecule has 0 saturated carbocycles. The molecule has 0 radical (unpaired) electrons. The summed E-state index contributed by atoms with van der Waals surface area (Å²) in [6, 6.07) is 0. The fraction of sp³-hybridized carbons (Fsp3) is 0.600. The summed E-state index contributed by atoms with van der Waals surface area (Å²) in [6.07, 6.45) is 0. The Labute approximate surface area is 70.7 Å². The molecular formula is C5H16N4O3. The van der Waals surface area contributed by atoms with Crippen LogP contribution < -0.4 is 17.2 Å². The Morgan fingerprint density at radius 1 is 1.50 bits per heavy atom. The molecule has 0 aliphatic rings. The van der Waals surface area contributed by atoms with Gasteiger partial charge >= 0.3 is 0 Å². The Morgan fingerprint density at radius 3 is 1.58 bits per heavy atom. The minimum absolute atomic E-state index is 0.0972. The summed E-state index contributed by atoms with van der Waals surface area (Å²) in [5.41, 5.74) is 13.7. The number of carbonyl (C=O) groups is 1. The molecule has 12 heavy (non-hydrogen) atoms. The van der Waals surface area contributed by atoms with E-state index >= 15 is 0 Å². The van der Waals surface area contributed by atoms with Crippen molar-refractivity contribution >= 4 is 11.9 Å². The largest absolute Gasteiger partial charge is 0.481 e. The van der Waals surface area contributed by atoms with E-state index in [2.05, 4.69) is 11.5 Å². The molecule has 0 spiro atoms. The molecule has 0 aromatic rings. The van der Waals surface area contributed by atoms with E-state index in [1.165, 1.54) is 0 Å². The van der Waals surface area contributed by atoms with Crippen LogP contribution in [0.1, 0.15) is 6.92 Å². The third-order valence-corrected chi connectivity index (χ3v) is 0.129. The molecule has 9 N–H and O–H groups in total. The molecule has 0 aromatic carbocycles. The minimum Gasteiger partial charge on any atom is -0.481 e. The highest BCUT2D eigenvalue weighted by atomic mass is 16.4. The van der Waals surface area contributed by atoms with E-state index in [-0.39, 0.29) is 12.6 Å². The lowest BCUT2D eigenvalue weighted by atomic mass is 10.8. The van der Waals surface area contributed by atoms with Gasteiger partial charge in [0.15, 0.2) is 5.96 Å². The zero-order valence-electron chi connectivity index (χ0n) is 6.95. The topological polar surface area (TPSA) is 159 Å². The molecule has 0 aliphatic heterocycles. The van der Waals surface area contributed by atoms with Gasteiger partial charge in [-0.1, -0.05) is 0 Å². The van der Waals surface area contributed by atoms with Crippen LogP contribution in [0, 0.1) is 5.41 Å². The fourth-order valence-electron chi connectivity index (χ4n) is 0. The predicted molar refractivity (Wildman–Crippen MR) is 45.6 cm³/mol. The highest BCUT2D eigenvalue weighted by Gasteiger charge is 1.65. The number of nitrogens with one attached hydrogen (secondary N) is 1. The van der Waals surface area contributed by atoms with Crippen molar-refractivity contribution in [3.05, 3.63) is 0 Å². The number of guanidine groups is 1. The summed E-state index contributed by atoms with van der Waals surface area (Å²) < 4.78 is 0. The van der Waals surface area contributed by atoms with Crippen LogP contribution in [-0.4, -0.2) is 35.3 Å². The van der Waals surface area contributed by atoms with E-state index in [0.29, 0.717) is 6.54 Å². The van der Waals surface area contributed by atoms with Gasteiger partial charge in [-0.25, -0.2) is 0 Å². The van der Waals surface area contributed by atoms with Gasteiger partial charge in [0.05, 0.1) is 6.61 Å². The van der Waals surface area contributed by atoms with Gasteiger partial charge in [-0.2, -0.15) is 0 Å². The summed E-state index contributed by atoms with van der Waals surface area (Å²) in [5.74, 6) is -1.17. The Kier molecular flexibility index (Phi) is 23.1. The quantitative estimate of drug-likeness (QED) is 0.199. The van der Waals surface area contributed by atoms with Crippen molar-refractivity contribution < 1.29 is 15.0 Å². The van der Waals surface area contributed by atoms with Crippen molar-refractivity contribution in [1.82, 2.24) is 0 Å². The first-order valence-corrected chi connectivity index (χ1v) is 2.98. The lowest BCUT2D eigenvalue weighted by Gasteiger charge is -1.71. The van der Waals surface area contributed by atoms with Crippen LogP contribution in [-0.2, 0) is 4.79 Å². The Morgan fingerprint density at radius 2 is 1.58 bits per heavy atom. The van der Waals surface area contributed by atoms with Crippen molar-refractivity contribution in [2.45, 2.75) is 6.92 Å². The third kappa shape index (κ3) is 4400. The molecule has 0 aromatic heterocycles. The summed E-state index contributed by atoms with van der Waals surface area (Å²) >= 11 is 0. The molecule has 0 amide bonds. The predicted octanol–water partition coefficient (Wildman–Crippen LogP) is -2.13. The van der Waals surface area contributed by atoms with Crippen LogP contribution in [0.15, 0.2) is 0 Å². The Hall–Kier alpha value is -1.34. The zero-order chi connectivity index (χ0) is 10.6. The summed E-state index contributed by atoms with van der Waals surface area (Å²) in [5, 5.41) is 21.2. The molecule has 0 atom stereocenters. The van der Waals surface area contributed by atoms with E-state index in [1.54, 1.807) is 0 Å². The number of aliphatic carboxylic acids is 1. The van der Waals surface area contributed by atoms with Crippen LogP contribution in [0.3, 0.4) is 0 Å². The molecule has 0 saturated heterocycles. The molecule has 0 fully saturated rings. The third-order valence-electron chi connectivity index (χ3n) is 0.129. The van der Waals surface area contributed by atoms with Crippen LogP contribution in [0.25, 0.3) is 0 Å². The number of carboxylic acid groups (broad SMARTS) is 1. The second-order valence-electron chi connectivity index (χ2n) is 1.49. The number of nitrogens with two attached hydrogens (primary N) is 3. The molecule has 74 valence electrons. The van der Waals surface area contributed by atoms with Gasteiger partial charge in [0.25, 0.3) is 5.97 Å². The van der Waals surface area contributed by atoms with Gasteiger partial charge in [-0.15, -0.1) is 0 Å². The standard InChI is InChI=1S/C2H7NO.C2H4O2.CH5N3/c3-1-2-4;1-2(3)4;2-1(3)4/h4H,1-3H2;1H3,(H,3,4);(H5,2,3,4). The fourth-order valence-corrected chi connectivity index (χ4v) is 0. The van der Waals surface area contributed by atoms with E-state index < -0.39 is 5.97 Å². The number of aliphatic hydroxyl groups excluding tert-OH is 1. The second kappa shape index (κ2) is 16.3. The number of hydrogen-bond donors (Lipinski definition) is 6. The summed E-state index contributed by atoms with van der Waals surface area (Å²) in [7, 11) is 0. The second-order valence-corrected chi connectivity index (χ2v) is 1.49. The lowest BCUT2D eigenvalue weighted by Crippen LogP contribution is -2.20. The Balaban J connectivity index is -0.000000101. The normalized spacial score (nSPS) is 6.58. The SMILES string of the molecule is CC(=O)O.N=C(N)N.NCCO. The molecule has 0 bridgehead atoms. The highest BCUT2D eigenvalue weighted by Crippen LogP contribution is 1.42. The van der Waals surface area contributed by atoms with Crippen LogP contribution in [0.5, 0.6) is 0 Å². The first-order chi connectivity index (χ1) is 5.38.